The summed E-state index contributed by atoms with van der Waals surface area (Å²) < 4.78 is 10.9. The Morgan fingerprint density at radius 3 is 1.60 bits per heavy atom. The summed E-state index contributed by atoms with van der Waals surface area (Å²) in [6, 6.07) is 64.3. The van der Waals surface area contributed by atoms with Crippen LogP contribution in [-0.4, -0.2) is 19.1 Å². The van der Waals surface area contributed by atoms with E-state index in [4.69, 9.17) is 14.4 Å². The molecule has 4 aromatic heterocycles. The molecule has 256 valence electrons. The molecule has 0 amide bonds. The molecule has 0 N–H and O–H groups in total. The van der Waals surface area contributed by atoms with Gasteiger partial charge in [-0.05, 0) is 91.0 Å². The summed E-state index contributed by atoms with van der Waals surface area (Å²) in [6.07, 6.45) is 0. The molecule has 0 saturated heterocycles. The third-order valence-corrected chi connectivity index (χ3v) is 11.1. The predicted octanol–water partition coefficient (Wildman–Crippen LogP) is 13.1. The maximum atomic E-state index is 6.14. The molecule has 12 rings (SSSR count). The van der Waals surface area contributed by atoms with E-state index < -0.39 is 0 Å². The standard InChI is InChI=1S/C50H30N4O/c1-6-16-42-39(15-1)49(32-23-28-48-41(29-32)38-14-5-10-20-47(38)55-48)52-50(51-42)31-21-24-33(25-22-31)53-45-19-9-4-13-37(45)40-30-34(26-27-46(40)53)54-43-17-7-2-11-35(43)36-12-3-8-18-44(36)54/h1-30H. The number of nitrogens with zero attached hydrogens (tertiary/aromatic N) is 4. The fraction of sp³-hybridized carbons (Fsp3) is 0. The number of aromatic nitrogens is 4. The van der Waals surface area contributed by atoms with Crippen molar-refractivity contribution in [3.8, 4) is 34.0 Å². The van der Waals surface area contributed by atoms with Gasteiger partial charge in [0.1, 0.15) is 11.2 Å². The number of furan rings is 1. The molecule has 0 aliphatic heterocycles. The zero-order valence-corrected chi connectivity index (χ0v) is 29.5. The molecule has 0 unspecified atom stereocenters. The molecule has 0 aliphatic rings. The second-order valence-corrected chi connectivity index (χ2v) is 14.2. The van der Waals surface area contributed by atoms with Gasteiger partial charge in [0.15, 0.2) is 5.82 Å². The minimum atomic E-state index is 0.690. The van der Waals surface area contributed by atoms with Crippen molar-refractivity contribution >= 4 is 76.5 Å². The van der Waals surface area contributed by atoms with Crippen LogP contribution in [0, 0.1) is 0 Å². The van der Waals surface area contributed by atoms with Crippen molar-refractivity contribution in [2.24, 2.45) is 0 Å². The predicted molar refractivity (Wildman–Crippen MR) is 226 cm³/mol. The molecule has 0 spiro atoms. The van der Waals surface area contributed by atoms with Crippen LogP contribution in [0.2, 0.25) is 0 Å². The topological polar surface area (TPSA) is 48.8 Å². The quantitative estimate of drug-likeness (QED) is 0.183. The zero-order chi connectivity index (χ0) is 36.0. The van der Waals surface area contributed by atoms with E-state index in [0.717, 1.165) is 72.1 Å². The SMILES string of the molecule is c1ccc2c(-c3ccc4oc5ccccc5c4c3)nc(-c3ccc(-n4c5ccccc5c5cc(-n6c7ccccc7c7ccccc76)ccc54)cc3)nc2c1. The van der Waals surface area contributed by atoms with Gasteiger partial charge in [-0.2, -0.15) is 0 Å². The van der Waals surface area contributed by atoms with Crippen LogP contribution in [0.15, 0.2) is 186 Å². The third kappa shape index (κ3) is 4.47. The summed E-state index contributed by atoms with van der Waals surface area (Å²) in [5.74, 6) is 0.690. The molecule has 0 bridgehead atoms. The minimum absolute atomic E-state index is 0.690. The molecule has 0 atom stereocenters. The molecule has 12 aromatic rings. The summed E-state index contributed by atoms with van der Waals surface area (Å²) in [5, 5.41) is 8.14. The highest BCUT2D eigenvalue weighted by Crippen LogP contribution is 2.38. The van der Waals surface area contributed by atoms with Crippen LogP contribution >= 0.6 is 0 Å². The molecule has 4 heterocycles. The summed E-state index contributed by atoms with van der Waals surface area (Å²) in [7, 11) is 0. The van der Waals surface area contributed by atoms with Crippen LogP contribution in [-0.2, 0) is 0 Å². The van der Waals surface area contributed by atoms with Gasteiger partial charge in [0.2, 0.25) is 0 Å². The number of fused-ring (bicyclic) bond motifs is 10. The van der Waals surface area contributed by atoms with E-state index in [0.29, 0.717) is 5.82 Å². The molecular formula is C50H30N4O. The highest BCUT2D eigenvalue weighted by molar-refractivity contribution is 6.12. The number of para-hydroxylation sites is 5. The Morgan fingerprint density at radius 2 is 0.873 bits per heavy atom. The Kier molecular flexibility index (Phi) is 6.27. The first-order valence-electron chi connectivity index (χ1n) is 18.6. The number of benzene rings is 8. The van der Waals surface area contributed by atoms with Gasteiger partial charge in [0.25, 0.3) is 0 Å². The van der Waals surface area contributed by atoms with E-state index in [2.05, 4.69) is 161 Å². The minimum Gasteiger partial charge on any atom is -0.456 e. The Hall–Kier alpha value is -7.50. The van der Waals surface area contributed by atoms with Gasteiger partial charge >= 0.3 is 0 Å². The molecular weight excluding hydrogens is 673 g/mol. The first-order valence-corrected chi connectivity index (χ1v) is 18.6. The van der Waals surface area contributed by atoms with E-state index >= 15 is 0 Å². The van der Waals surface area contributed by atoms with Crippen molar-refractivity contribution in [3.05, 3.63) is 182 Å². The van der Waals surface area contributed by atoms with E-state index in [1.54, 1.807) is 0 Å². The van der Waals surface area contributed by atoms with Gasteiger partial charge in [-0.25, -0.2) is 9.97 Å². The van der Waals surface area contributed by atoms with Crippen LogP contribution in [0.1, 0.15) is 0 Å². The highest BCUT2D eigenvalue weighted by atomic mass is 16.3. The van der Waals surface area contributed by atoms with Crippen LogP contribution in [0.3, 0.4) is 0 Å². The Morgan fingerprint density at radius 1 is 0.345 bits per heavy atom. The third-order valence-electron chi connectivity index (χ3n) is 11.1. The smallest absolute Gasteiger partial charge is 0.160 e. The molecule has 0 aliphatic carbocycles. The summed E-state index contributed by atoms with van der Waals surface area (Å²) in [4.78, 5) is 10.3. The van der Waals surface area contributed by atoms with Gasteiger partial charge in [-0.15, -0.1) is 0 Å². The Balaban J connectivity index is 0.986. The normalized spacial score (nSPS) is 12.0. The monoisotopic (exact) mass is 702 g/mol. The lowest BCUT2D eigenvalue weighted by Gasteiger charge is -2.12. The average molecular weight is 703 g/mol. The molecule has 5 heteroatoms. The molecule has 0 radical (unpaired) electrons. The van der Waals surface area contributed by atoms with Gasteiger partial charge in [0.05, 0.1) is 33.3 Å². The van der Waals surface area contributed by atoms with Crippen molar-refractivity contribution in [1.82, 2.24) is 19.1 Å². The van der Waals surface area contributed by atoms with Gasteiger partial charge in [-0.1, -0.05) is 91.0 Å². The zero-order valence-electron chi connectivity index (χ0n) is 29.5. The highest BCUT2D eigenvalue weighted by Gasteiger charge is 2.18. The molecule has 0 fully saturated rings. The van der Waals surface area contributed by atoms with Gasteiger partial charge in [-0.3, -0.25) is 0 Å². The van der Waals surface area contributed by atoms with Gasteiger partial charge in [0, 0.05) is 60.2 Å². The fourth-order valence-electron chi connectivity index (χ4n) is 8.64. The van der Waals surface area contributed by atoms with E-state index in [1.165, 1.54) is 32.6 Å². The van der Waals surface area contributed by atoms with Crippen molar-refractivity contribution in [3.63, 3.8) is 0 Å². The molecule has 8 aromatic carbocycles. The lowest BCUT2D eigenvalue weighted by atomic mass is 10.0. The number of rotatable bonds is 4. The second kappa shape index (κ2) is 11.5. The number of hydrogen-bond acceptors (Lipinski definition) is 3. The summed E-state index contributed by atoms with van der Waals surface area (Å²) in [5.41, 5.74) is 12.5. The second-order valence-electron chi connectivity index (χ2n) is 14.2. The van der Waals surface area contributed by atoms with Crippen molar-refractivity contribution in [2.45, 2.75) is 0 Å². The van der Waals surface area contributed by atoms with Gasteiger partial charge < -0.3 is 13.6 Å². The largest absolute Gasteiger partial charge is 0.456 e. The first kappa shape index (κ1) is 30.0. The summed E-state index contributed by atoms with van der Waals surface area (Å²) in [6.45, 7) is 0. The van der Waals surface area contributed by atoms with E-state index in [-0.39, 0.29) is 0 Å². The van der Waals surface area contributed by atoms with Crippen LogP contribution in [0.25, 0.3) is 110 Å². The lowest BCUT2D eigenvalue weighted by Crippen LogP contribution is -1.97. The Labute approximate surface area is 315 Å². The van der Waals surface area contributed by atoms with Crippen LogP contribution in [0.5, 0.6) is 0 Å². The lowest BCUT2D eigenvalue weighted by molar-refractivity contribution is 0.669. The van der Waals surface area contributed by atoms with Crippen molar-refractivity contribution in [1.29, 1.82) is 0 Å². The average Bonchev–Trinajstić information content (AvgIpc) is 3.90. The van der Waals surface area contributed by atoms with Crippen LogP contribution in [0.4, 0.5) is 0 Å². The Bertz CT molecular complexity index is 3440. The molecule has 5 nitrogen and oxygen atoms in total. The molecule has 0 saturated carbocycles. The number of hydrogen-bond donors (Lipinski definition) is 0. The van der Waals surface area contributed by atoms with Crippen molar-refractivity contribution in [2.75, 3.05) is 0 Å². The summed E-state index contributed by atoms with van der Waals surface area (Å²) >= 11 is 0. The maximum Gasteiger partial charge on any atom is 0.160 e. The fourth-order valence-corrected chi connectivity index (χ4v) is 8.64. The van der Waals surface area contributed by atoms with Crippen LogP contribution < -0.4 is 0 Å². The molecule has 55 heavy (non-hydrogen) atoms. The first-order chi connectivity index (χ1) is 27.3. The van der Waals surface area contributed by atoms with Crippen molar-refractivity contribution < 1.29 is 4.42 Å². The van der Waals surface area contributed by atoms with E-state index in [9.17, 15) is 0 Å². The maximum absolute atomic E-state index is 6.14. The van der Waals surface area contributed by atoms with E-state index in [1.807, 2.05) is 30.3 Å².